The van der Waals surface area contributed by atoms with Crippen molar-refractivity contribution in [2.24, 2.45) is 0 Å². The second kappa shape index (κ2) is 8.41. The summed E-state index contributed by atoms with van der Waals surface area (Å²) in [4.78, 5) is 36.7. The van der Waals surface area contributed by atoms with Gasteiger partial charge in [0.25, 0.3) is 0 Å². The zero-order valence-electron chi connectivity index (χ0n) is 12.4. The van der Waals surface area contributed by atoms with E-state index in [1.807, 2.05) is 0 Å². The molecule has 114 valence electrons. The fraction of sp³-hybridized carbons (Fsp3) is 0.500. The molecule has 0 aliphatic heterocycles. The second-order valence-corrected chi connectivity index (χ2v) is 5.90. The lowest BCUT2D eigenvalue weighted by Crippen LogP contribution is -2.54. The van der Waals surface area contributed by atoms with Gasteiger partial charge in [0.2, 0.25) is 0 Å². The van der Waals surface area contributed by atoms with Crippen molar-refractivity contribution in [1.82, 2.24) is 13.7 Å². The molecule has 0 N–H and O–H groups in total. The van der Waals surface area contributed by atoms with Gasteiger partial charge in [-0.15, -0.1) is 13.2 Å². The summed E-state index contributed by atoms with van der Waals surface area (Å²) in [6, 6.07) is 0.977. The highest BCUT2D eigenvalue weighted by molar-refractivity contribution is 6.33. The Hall–Kier alpha value is -1.89. The molecule has 1 heterocycles. The Labute approximate surface area is 125 Å². The SMILES string of the molecule is C=CCn1c(=O)n(CC=C)c(=O)n(C[Si]CCCC)c1=O. The van der Waals surface area contributed by atoms with Gasteiger partial charge in [-0.05, 0) is 0 Å². The van der Waals surface area contributed by atoms with E-state index in [1.165, 1.54) is 12.2 Å². The monoisotopic (exact) mass is 307 g/mol. The van der Waals surface area contributed by atoms with Gasteiger partial charge in [-0.2, -0.15) is 0 Å². The van der Waals surface area contributed by atoms with E-state index >= 15 is 0 Å². The van der Waals surface area contributed by atoms with Crippen LogP contribution in [-0.4, -0.2) is 23.2 Å². The van der Waals surface area contributed by atoms with E-state index in [0.29, 0.717) is 15.7 Å². The highest BCUT2D eigenvalue weighted by Gasteiger charge is 2.13. The minimum atomic E-state index is -0.613. The predicted octanol–water partition coefficient (Wildman–Crippen LogP) is 0.424. The van der Waals surface area contributed by atoms with Crippen molar-refractivity contribution >= 4 is 9.52 Å². The molecule has 6 nitrogen and oxygen atoms in total. The minimum absolute atomic E-state index is 0.0904. The molecule has 1 aromatic heterocycles. The number of hydrogen-bond donors (Lipinski definition) is 0. The van der Waals surface area contributed by atoms with Crippen molar-refractivity contribution in [3.05, 3.63) is 56.8 Å². The van der Waals surface area contributed by atoms with Gasteiger partial charge in [-0.25, -0.2) is 28.1 Å². The van der Waals surface area contributed by atoms with Gasteiger partial charge in [-0.3, -0.25) is 0 Å². The van der Waals surface area contributed by atoms with Crippen LogP contribution in [0.25, 0.3) is 0 Å². The third-order valence-corrected chi connectivity index (χ3v) is 4.23. The van der Waals surface area contributed by atoms with E-state index in [9.17, 15) is 14.4 Å². The minimum Gasteiger partial charge on any atom is -0.248 e. The van der Waals surface area contributed by atoms with Crippen LogP contribution in [0.15, 0.2) is 39.7 Å². The first-order chi connectivity index (χ1) is 10.1. The van der Waals surface area contributed by atoms with E-state index in [1.54, 1.807) is 0 Å². The second-order valence-electron chi connectivity index (χ2n) is 4.59. The Morgan fingerprint density at radius 2 is 1.43 bits per heavy atom. The largest absolute Gasteiger partial charge is 0.336 e. The van der Waals surface area contributed by atoms with Crippen molar-refractivity contribution in [2.75, 3.05) is 0 Å². The standard InChI is InChI=1S/C14H21N3O3Si/c1-4-7-10-21-11-17-13(19)15(8-5-2)12(18)16(9-6-3)14(17)20/h5-6H,2-4,7-11H2,1H3. The van der Waals surface area contributed by atoms with Crippen LogP contribution in [-0.2, 0) is 19.3 Å². The summed E-state index contributed by atoms with van der Waals surface area (Å²) in [7, 11) is 0.486. The highest BCUT2D eigenvalue weighted by Crippen LogP contribution is 1.93. The third kappa shape index (κ3) is 4.04. The average molecular weight is 307 g/mol. The van der Waals surface area contributed by atoms with Gasteiger partial charge in [-0.1, -0.05) is 38.0 Å². The maximum absolute atomic E-state index is 12.3. The third-order valence-electron chi connectivity index (χ3n) is 2.99. The predicted molar refractivity (Wildman–Crippen MR) is 85.1 cm³/mol. The summed E-state index contributed by atoms with van der Waals surface area (Å²) in [6.07, 6.45) is 5.44. The average Bonchev–Trinajstić information content (AvgIpc) is 2.47. The van der Waals surface area contributed by atoms with Crippen LogP contribution in [0.1, 0.15) is 19.8 Å². The molecule has 0 aromatic carbocycles. The molecule has 21 heavy (non-hydrogen) atoms. The molecule has 0 fully saturated rings. The normalized spacial score (nSPS) is 10.5. The summed E-state index contributed by atoms with van der Waals surface area (Å²) in [5, 5.41) is 0. The van der Waals surface area contributed by atoms with Gasteiger partial charge < -0.3 is 0 Å². The Kier molecular flexibility index (Phi) is 6.87. The van der Waals surface area contributed by atoms with Crippen molar-refractivity contribution < 1.29 is 0 Å². The molecule has 1 aromatic rings. The molecule has 0 saturated carbocycles. The number of allylic oxidation sites excluding steroid dienone is 2. The lowest BCUT2D eigenvalue weighted by atomic mass is 10.4. The summed E-state index contributed by atoms with van der Waals surface area (Å²) >= 11 is 0. The zero-order valence-corrected chi connectivity index (χ0v) is 13.4. The molecule has 7 heteroatoms. The number of hydrogen-bond acceptors (Lipinski definition) is 3. The molecular weight excluding hydrogens is 286 g/mol. The molecule has 0 atom stereocenters. The topological polar surface area (TPSA) is 66.0 Å². The van der Waals surface area contributed by atoms with E-state index in [4.69, 9.17) is 0 Å². The number of unbranched alkanes of at least 4 members (excludes halogenated alkanes) is 1. The maximum Gasteiger partial charge on any atom is 0.336 e. The molecular formula is C14H21N3O3Si. The van der Waals surface area contributed by atoms with E-state index in [0.717, 1.165) is 32.6 Å². The van der Waals surface area contributed by atoms with Crippen molar-refractivity contribution in [1.29, 1.82) is 0 Å². The van der Waals surface area contributed by atoms with E-state index in [-0.39, 0.29) is 13.1 Å². The summed E-state index contributed by atoms with van der Waals surface area (Å²) < 4.78 is 3.20. The molecule has 0 saturated heterocycles. The lowest BCUT2D eigenvalue weighted by Gasteiger charge is -2.11. The van der Waals surface area contributed by atoms with Gasteiger partial charge in [0.15, 0.2) is 0 Å². The van der Waals surface area contributed by atoms with Crippen LogP contribution in [0.5, 0.6) is 0 Å². The summed E-state index contributed by atoms with van der Waals surface area (Å²) in [5.41, 5.74) is -1.73. The van der Waals surface area contributed by atoms with Gasteiger partial charge in [0, 0.05) is 6.17 Å². The smallest absolute Gasteiger partial charge is 0.248 e. The fourth-order valence-electron chi connectivity index (χ4n) is 1.88. The Balaban J connectivity index is 3.31. The lowest BCUT2D eigenvalue weighted by molar-refractivity contribution is 0.509. The number of aromatic nitrogens is 3. The molecule has 0 unspecified atom stereocenters. The Bertz CT molecular complexity index is 621. The van der Waals surface area contributed by atoms with Crippen LogP contribution in [0, 0.1) is 0 Å². The van der Waals surface area contributed by atoms with E-state index in [2.05, 4.69) is 20.1 Å². The molecule has 1 rings (SSSR count). The van der Waals surface area contributed by atoms with Crippen LogP contribution >= 0.6 is 0 Å². The van der Waals surface area contributed by atoms with Gasteiger partial charge in [0.05, 0.1) is 22.6 Å². The van der Waals surface area contributed by atoms with Crippen LogP contribution < -0.4 is 17.1 Å². The molecule has 0 aliphatic carbocycles. The molecule has 0 amide bonds. The number of rotatable bonds is 9. The first-order valence-corrected chi connectivity index (χ1v) is 8.36. The zero-order chi connectivity index (χ0) is 15.8. The summed E-state index contributed by atoms with van der Waals surface area (Å²) in [6.45, 7) is 9.35. The first-order valence-electron chi connectivity index (χ1n) is 6.95. The first kappa shape index (κ1) is 17.2. The number of nitrogens with zero attached hydrogens (tertiary/aromatic N) is 3. The maximum atomic E-state index is 12.3. The van der Waals surface area contributed by atoms with E-state index < -0.39 is 17.1 Å². The van der Waals surface area contributed by atoms with Crippen molar-refractivity contribution in [3.63, 3.8) is 0 Å². The molecule has 2 radical (unpaired) electrons. The van der Waals surface area contributed by atoms with Crippen molar-refractivity contribution in [3.8, 4) is 0 Å². The summed E-state index contributed by atoms with van der Waals surface area (Å²) in [5.74, 6) is 0. The Morgan fingerprint density at radius 3 is 1.86 bits per heavy atom. The van der Waals surface area contributed by atoms with Crippen LogP contribution in [0.2, 0.25) is 6.04 Å². The van der Waals surface area contributed by atoms with Crippen LogP contribution in [0.3, 0.4) is 0 Å². The molecule has 0 bridgehead atoms. The van der Waals surface area contributed by atoms with Gasteiger partial charge >= 0.3 is 17.1 Å². The quantitative estimate of drug-likeness (QED) is 0.377. The molecule has 0 spiro atoms. The van der Waals surface area contributed by atoms with Crippen molar-refractivity contribution in [2.45, 2.75) is 45.1 Å². The highest BCUT2D eigenvalue weighted by atomic mass is 28.2. The van der Waals surface area contributed by atoms with Crippen LogP contribution in [0.4, 0.5) is 0 Å². The van der Waals surface area contributed by atoms with Gasteiger partial charge in [0.1, 0.15) is 0 Å². The molecule has 0 aliphatic rings. The Morgan fingerprint density at radius 1 is 0.952 bits per heavy atom. The fourth-order valence-corrected chi connectivity index (χ4v) is 3.14.